The van der Waals surface area contributed by atoms with Gasteiger partial charge >= 0.3 is 11.8 Å². The van der Waals surface area contributed by atoms with E-state index in [-0.39, 0.29) is 5.95 Å². The van der Waals surface area contributed by atoms with Crippen LogP contribution in [0.2, 0.25) is 0 Å². The Kier molecular flexibility index (Phi) is 5.67. The van der Waals surface area contributed by atoms with E-state index in [4.69, 9.17) is 4.74 Å². The summed E-state index contributed by atoms with van der Waals surface area (Å²) in [6, 6.07) is 2.28. The second-order valence-corrected chi connectivity index (χ2v) is 8.90. The average Bonchev–Trinajstić information content (AvgIpc) is 3.24. The first-order valence-electron chi connectivity index (χ1n) is 10.5. The number of nitrogens with zero attached hydrogens (tertiary/aromatic N) is 6. The number of halogens is 1. The Labute approximate surface area is 195 Å². The summed E-state index contributed by atoms with van der Waals surface area (Å²) in [7, 11) is 1.53. The number of carbonyl (C=O) groups excluding carboxylic acids is 1. The number of amides is 1. The number of fused-ring (bicyclic) bond motifs is 3. The smallest absolute Gasteiger partial charge is 0.416 e. The average molecular weight is 469 g/mol. The minimum absolute atomic E-state index is 0.175. The van der Waals surface area contributed by atoms with Gasteiger partial charge in [0.15, 0.2) is 5.84 Å². The SMILES string of the molecule is Cc1cc(F)c([N+](=O)[O-])cc1NC1=Cc2cnc(N(C)C(=O)OC(C)(C)C)nc2N2CCN=C12. The number of nitro groups is 1. The van der Waals surface area contributed by atoms with Crippen LogP contribution in [0.25, 0.3) is 6.08 Å². The number of carbonyl (C=O) groups is 1. The summed E-state index contributed by atoms with van der Waals surface area (Å²) in [5.74, 6) is 0.437. The number of nitro benzene ring substituents is 1. The van der Waals surface area contributed by atoms with E-state index in [1.165, 1.54) is 11.9 Å². The van der Waals surface area contributed by atoms with Gasteiger partial charge in [-0.15, -0.1) is 0 Å². The molecule has 0 saturated heterocycles. The molecule has 0 saturated carbocycles. The molecule has 1 aromatic heterocycles. The molecule has 0 bridgehead atoms. The number of hydrogen-bond donors (Lipinski definition) is 1. The van der Waals surface area contributed by atoms with Crippen molar-refractivity contribution < 1.29 is 18.8 Å². The highest BCUT2D eigenvalue weighted by Gasteiger charge is 2.32. The molecule has 34 heavy (non-hydrogen) atoms. The van der Waals surface area contributed by atoms with Crippen molar-refractivity contribution in [2.45, 2.75) is 33.3 Å². The molecule has 0 spiro atoms. The molecule has 12 heteroatoms. The van der Waals surface area contributed by atoms with Gasteiger partial charge < -0.3 is 15.0 Å². The number of aryl methyl sites for hydroxylation is 1. The molecule has 0 atom stereocenters. The van der Waals surface area contributed by atoms with Crippen LogP contribution in [0.15, 0.2) is 29.0 Å². The number of anilines is 3. The summed E-state index contributed by atoms with van der Waals surface area (Å²) in [6.07, 6.45) is 2.77. The quantitative estimate of drug-likeness (QED) is 0.528. The lowest BCUT2D eigenvalue weighted by molar-refractivity contribution is -0.387. The molecule has 1 amide bonds. The van der Waals surface area contributed by atoms with Crippen molar-refractivity contribution in [1.82, 2.24) is 9.97 Å². The molecule has 11 nitrogen and oxygen atoms in total. The Morgan fingerprint density at radius 1 is 1.35 bits per heavy atom. The fourth-order valence-electron chi connectivity index (χ4n) is 3.54. The van der Waals surface area contributed by atoms with Crippen LogP contribution in [0.5, 0.6) is 0 Å². The van der Waals surface area contributed by atoms with E-state index in [1.807, 2.05) is 4.90 Å². The molecule has 2 aliphatic heterocycles. The van der Waals surface area contributed by atoms with Crippen LogP contribution in [0, 0.1) is 22.9 Å². The minimum atomic E-state index is -0.897. The number of ether oxygens (including phenoxy) is 1. The van der Waals surface area contributed by atoms with Crippen LogP contribution in [0.4, 0.5) is 32.3 Å². The fraction of sp³-hybridized carbons (Fsp3) is 0.364. The molecular weight excluding hydrogens is 445 g/mol. The van der Waals surface area contributed by atoms with Crippen molar-refractivity contribution in [2.24, 2.45) is 4.99 Å². The van der Waals surface area contributed by atoms with E-state index >= 15 is 0 Å². The number of hydrogen-bond acceptors (Lipinski definition) is 9. The molecule has 1 aromatic carbocycles. The number of nitrogens with one attached hydrogen (secondary N) is 1. The summed E-state index contributed by atoms with van der Waals surface area (Å²) in [5.41, 5.74) is 0.855. The molecule has 4 rings (SSSR count). The predicted octanol–water partition coefficient (Wildman–Crippen LogP) is 3.89. The van der Waals surface area contributed by atoms with Gasteiger partial charge in [-0.2, -0.15) is 9.37 Å². The van der Waals surface area contributed by atoms with Crippen molar-refractivity contribution in [1.29, 1.82) is 0 Å². The first kappa shape index (κ1) is 23.1. The van der Waals surface area contributed by atoms with Gasteiger partial charge in [-0.05, 0) is 45.4 Å². The van der Waals surface area contributed by atoms with Gasteiger partial charge in [0.1, 0.15) is 11.4 Å². The zero-order chi connectivity index (χ0) is 24.8. The lowest BCUT2D eigenvalue weighted by Gasteiger charge is -2.29. The van der Waals surface area contributed by atoms with E-state index in [1.54, 1.807) is 40.0 Å². The van der Waals surface area contributed by atoms with E-state index in [9.17, 15) is 19.3 Å². The first-order chi connectivity index (χ1) is 15.9. The summed E-state index contributed by atoms with van der Waals surface area (Å²) in [4.78, 5) is 39.3. The zero-order valence-electron chi connectivity index (χ0n) is 19.4. The zero-order valence-corrected chi connectivity index (χ0v) is 19.4. The normalized spacial score (nSPS) is 14.6. The number of amidine groups is 1. The van der Waals surface area contributed by atoms with Gasteiger partial charge in [0, 0.05) is 37.1 Å². The number of benzene rings is 1. The van der Waals surface area contributed by atoms with Crippen LogP contribution < -0.4 is 15.1 Å². The number of rotatable bonds is 4. The Morgan fingerprint density at radius 3 is 2.76 bits per heavy atom. The molecule has 2 aliphatic rings. The molecule has 3 heterocycles. The van der Waals surface area contributed by atoms with Gasteiger partial charge in [0.05, 0.1) is 17.2 Å². The largest absolute Gasteiger partial charge is 0.443 e. The molecule has 2 aromatic rings. The first-order valence-corrected chi connectivity index (χ1v) is 10.5. The number of aromatic nitrogens is 2. The monoisotopic (exact) mass is 469 g/mol. The molecule has 0 aliphatic carbocycles. The van der Waals surface area contributed by atoms with Crippen molar-refractivity contribution in [2.75, 3.05) is 35.3 Å². The summed E-state index contributed by atoms with van der Waals surface area (Å²) in [6.45, 7) is 8.04. The van der Waals surface area contributed by atoms with E-state index in [2.05, 4.69) is 20.3 Å². The minimum Gasteiger partial charge on any atom is -0.443 e. The van der Waals surface area contributed by atoms with Crippen molar-refractivity contribution >= 4 is 41.1 Å². The standard InChI is InChI=1S/C22H24FN7O4/c1-12-8-14(23)17(30(32)33)10-15(12)26-16-9-13-11-25-20(28(5)21(31)34-22(2,3)4)27-18(13)29-7-6-24-19(16)29/h8-11,26H,6-7H2,1-5H3. The topological polar surface area (TPSA) is 126 Å². The highest BCUT2D eigenvalue weighted by molar-refractivity contribution is 6.18. The third-order valence-corrected chi connectivity index (χ3v) is 5.15. The molecule has 0 unspecified atom stereocenters. The molecule has 178 valence electrons. The lowest BCUT2D eigenvalue weighted by Crippen LogP contribution is -2.37. The maximum Gasteiger partial charge on any atom is 0.416 e. The second kappa shape index (κ2) is 8.36. The van der Waals surface area contributed by atoms with E-state index < -0.39 is 28.1 Å². The van der Waals surface area contributed by atoms with Gasteiger partial charge in [-0.3, -0.25) is 15.1 Å². The van der Waals surface area contributed by atoms with Crippen LogP contribution >= 0.6 is 0 Å². The molecule has 0 radical (unpaired) electrons. The van der Waals surface area contributed by atoms with Crippen LogP contribution in [-0.4, -0.2) is 52.6 Å². The Hall–Kier alpha value is -4.09. The third-order valence-electron chi connectivity index (χ3n) is 5.15. The molecule has 1 N–H and O–H groups in total. The van der Waals surface area contributed by atoms with Crippen LogP contribution in [-0.2, 0) is 4.74 Å². The third kappa shape index (κ3) is 4.38. The highest BCUT2D eigenvalue weighted by atomic mass is 19.1. The highest BCUT2D eigenvalue weighted by Crippen LogP contribution is 2.34. The summed E-state index contributed by atoms with van der Waals surface area (Å²) >= 11 is 0. The molecule has 0 fully saturated rings. The summed E-state index contributed by atoms with van der Waals surface area (Å²) < 4.78 is 19.3. The van der Waals surface area contributed by atoms with Crippen molar-refractivity contribution in [3.8, 4) is 0 Å². The predicted molar refractivity (Wildman–Crippen MR) is 126 cm³/mol. The maximum absolute atomic E-state index is 14.0. The fourth-order valence-corrected chi connectivity index (χ4v) is 3.54. The van der Waals surface area contributed by atoms with E-state index in [0.717, 1.165) is 12.1 Å². The second-order valence-electron chi connectivity index (χ2n) is 8.90. The lowest BCUT2D eigenvalue weighted by atomic mass is 10.1. The van der Waals surface area contributed by atoms with Crippen molar-refractivity contribution in [3.63, 3.8) is 0 Å². The van der Waals surface area contributed by atoms with Gasteiger partial charge in [-0.1, -0.05) is 0 Å². The Morgan fingerprint density at radius 2 is 2.09 bits per heavy atom. The maximum atomic E-state index is 14.0. The Bertz CT molecular complexity index is 1250. The van der Waals surface area contributed by atoms with Gasteiger partial charge in [0.2, 0.25) is 11.8 Å². The van der Waals surface area contributed by atoms with Gasteiger partial charge in [0.25, 0.3) is 0 Å². The van der Waals surface area contributed by atoms with Crippen molar-refractivity contribution in [3.05, 3.63) is 51.1 Å². The van der Waals surface area contributed by atoms with E-state index in [0.29, 0.717) is 47.3 Å². The van der Waals surface area contributed by atoms with Crippen LogP contribution in [0.1, 0.15) is 31.9 Å². The van der Waals surface area contributed by atoms with Crippen LogP contribution in [0.3, 0.4) is 0 Å². The number of aliphatic imine (C=N–C) groups is 1. The molecular formula is C22H24FN7O4. The Balaban J connectivity index is 1.68. The summed E-state index contributed by atoms with van der Waals surface area (Å²) in [5, 5.41) is 14.3. The van der Waals surface area contributed by atoms with Gasteiger partial charge in [-0.25, -0.2) is 14.7 Å².